The van der Waals surface area contributed by atoms with Gasteiger partial charge in [0, 0.05) is 17.8 Å². The molecule has 0 aliphatic carbocycles. The molecule has 0 atom stereocenters. The van der Waals surface area contributed by atoms with Gasteiger partial charge in [-0.3, -0.25) is 4.79 Å². The predicted octanol–water partition coefficient (Wildman–Crippen LogP) is 1.25. The molecule has 2 N–H and O–H groups in total. The Hall–Kier alpha value is -1.88. The number of pyridine rings is 1. The number of ketones is 1. The van der Waals surface area contributed by atoms with E-state index in [0.717, 1.165) is 0 Å². The number of aliphatic carboxylic acids is 1. The fourth-order valence-electron chi connectivity index (χ4n) is 1.26. The van der Waals surface area contributed by atoms with Crippen molar-refractivity contribution in [2.24, 2.45) is 0 Å². The molecule has 0 aliphatic rings. The van der Waals surface area contributed by atoms with Gasteiger partial charge in [0.2, 0.25) is 0 Å². The van der Waals surface area contributed by atoms with E-state index in [4.69, 9.17) is 5.11 Å². The molecule has 0 saturated heterocycles. The lowest BCUT2D eigenvalue weighted by atomic mass is 10.1. The largest absolute Gasteiger partial charge is 0.475 e. The van der Waals surface area contributed by atoms with Gasteiger partial charge < -0.3 is 10.1 Å². The number of nitrogens with zero attached hydrogens (tertiary/aromatic N) is 1. The standard InChI is InChI=1S/C9H6N2O3.ClH/c12-7(9(13)14)6-4-11-8-5(6)2-1-3-10-8;/h1-4H,(H,10,11)(H,13,14);1H. The molecule has 2 aromatic rings. The Labute approximate surface area is 90.5 Å². The highest BCUT2D eigenvalue weighted by Crippen LogP contribution is 2.15. The van der Waals surface area contributed by atoms with Crippen molar-refractivity contribution in [1.82, 2.24) is 9.97 Å². The molecule has 5 nitrogen and oxygen atoms in total. The van der Waals surface area contributed by atoms with Gasteiger partial charge in [0.15, 0.2) is 0 Å². The van der Waals surface area contributed by atoms with Crippen molar-refractivity contribution in [2.75, 3.05) is 0 Å². The van der Waals surface area contributed by atoms with Crippen molar-refractivity contribution in [3.63, 3.8) is 0 Å². The van der Waals surface area contributed by atoms with Crippen LogP contribution in [-0.2, 0) is 4.79 Å². The molecule has 0 aromatic carbocycles. The monoisotopic (exact) mass is 226 g/mol. The normalized spacial score (nSPS) is 9.60. The number of aromatic nitrogens is 2. The van der Waals surface area contributed by atoms with Crippen molar-refractivity contribution in [3.05, 3.63) is 30.1 Å². The molecule has 0 bridgehead atoms. The number of nitrogens with one attached hydrogen (secondary N) is 1. The third-order valence-electron chi connectivity index (χ3n) is 1.89. The van der Waals surface area contributed by atoms with E-state index >= 15 is 0 Å². The Morgan fingerprint density at radius 1 is 1.40 bits per heavy atom. The molecule has 2 heterocycles. The molecule has 0 spiro atoms. The number of fused-ring (bicyclic) bond motifs is 1. The summed E-state index contributed by atoms with van der Waals surface area (Å²) < 4.78 is 0. The molecule has 15 heavy (non-hydrogen) atoms. The smallest absolute Gasteiger partial charge is 0.377 e. The second kappa shape index (κ2) is 4.10. The Morgan fingerprint density at radius 3 is 2.80 bits per heavy atom. The number of halogens is 1. The van der Waals surface area contributed by atoms with Crippen LogP contribution < -0.4 is 0 Å². The molecule has 0 fully saturated rings. The van der Waals surface area contributed by atoms with E-state index in [1.165, 1.54) is 6.20 Å². The summed E-state index contributed by atoms with van der Waals surface area (Å²) in [6, 6.07) is 3.30. The highest BCUT2D eigenvalue weighted by atomic mass is 35.5. The van der Waals surface area contributed by atoms with Gasteiger partial charge >= 0.3 is 5.97 Å². The fraction of sp³-hybridized carbons (Fsp3) is 0. The number of aromatic amines is 1. The van der Waals surface area contributed by atoms with Gasteiger partial charge in [-0.15, -0.1) is 12.4 Å². The molecule has 0 radical (unpaired) electrons. The number of Topliss-reactive ketones (excluding diaryl/α,β-unsaturated/α-hetero) is 1. The third-order valence-corrected chi connectivity index (χ3v) is 1.89. The van der Waals surface area contributed by atoms with Crippen LogP contribution in [0.2, 0.25) is 0 Å². The fourth-order valence-corrected chi connectivity index (χ4v) is 1.26. The summed E-state index contributed by atoms with van der Waals surface area (Å²) in [7, 11) is 0. The van der Waals surface area contributed by atoms with Crippen LogP contribution in [0.25, 0.3) is 11.0 Å². The van der Waals surface area contributed by atoms with E-state index in [0.29, 0.717) is 11.0 Å². The minimum Gasteiger partial charge on any atom is -0.475 e. The lowest BCUT2D eigenvalue weighted by Crippen LogP contribution is -2.11. The minimum atomic E-state index is -1.46. The van der Waals surface area contributed by atoms with Gasteiger partial charge in [0.1, 0.15) is 5.65 Å². The number of carbonyl (C=O) groups excluding carboxylic acids is 1. The first-order valence-corrected chi connectivity index (χ1v) is 3.90. The first-order valence-electron chi connectivity index (χ1n) is 3.90. The summed E-state index contributed by atoms with van der Waals surface area (Å²) in [4.78, 5) is 28.3. The maximum atomic E-state index is 11.2. The predicted molar refractivity (Wildman–Crippen MR) is 55.3 cm³/mol. The SMILES string of the molecule is Cl.O=C(O)C(=O)c1c[nH]c2ncccc12. The summed E-state index contributed by atoms with van der Waals surface area (Å²) in [5.41, 5.74) is 0.651. The van der Waals surface area contributed by atoms with Crippen molar-refractivity contribution in [1.29, 1.82) is 0 Å². The number of carboxylic acids is 1. The first-order chi connectivity index (χ1) is 6.70. The maximum absolute atomic E-state index is 11.2. The maximum Gasteiger partial charge on any atom is 0.377 e. The second-order valence-corrected chi connectivity index (χ2v) is 2.74. The topological polar surface area (TPSA) is 83.0 Å². The quantitative estimate of drug-likeness (QED) is 0.596. The summed E-state index contributed by atoms with van der Waals surface area (Å²) in [5, 5.41) is 9.06. The van der Waals surface area contributed by atoms with E-state index in [-0.39, 0.29) is 18.0 Å². The number of carbonyl (C=O) groups is 2. The number of hydrogen-bond acceptors (Lipinski definition) is 3. The molecular weight excluding hydrogens is 220 g/mol. The average Bonchev–Trinajstić information content (AvgIpc) is 2.60. The number of H-pyrrole nitrogens is 1. The summed E-state index contributed by atoms with van der Waals surface area (Å²) in [6.45, 7) is 0. The molecule has 6 heteroatoms. The lowest BCUT2D eigenvalue weighted by Gasteiger charge is -1.91. The van der Waals surface area contributed by atoms with Gasteiger partial charge in [-0.05, 0) is 12.1 Å². The van der Waals surface area contributed by atoms with Gasteiger partial charge in [0.05, 0.1) is 5.56 Å². The molecule has 2 rings (SSSR count). The second-order valence-electron chi connectivity index (χ2n) is 2.74. The Morgan fingerprint density at radius 2 is 2.13 bits per heavy atom. The van der Waals surface area contributed by atoms with Crippen LogP contribution in [-0.4, -0.2) is 26.8 Å². The summed E-state index contributed by atoms with van der Waals surface area (Å²) in [6.07, 6.45) is 2.92. The number of carboxylic acid groups (broad SMARTS) is 1. The molecular formula is C9H7ClN2O3. The zero-order chi connectivity index (χ0) is 10.1. The number of rotatable bonds is 2. The Bertz CT molecular complexity index is 521. The van der Waals surface area contributed by atoms with Gasteiger partial charge in [-0.25, -0.2) is 9.78 Å². The molecule has 0 aliphatic heterocycles. The van der Waals surface area contributed by atoms with Crippen LogP contribution in [0.3, 0.4) is 0 Å². The Kier molecular flexibility index (Phi) is 3.06. The molecule has 0 unspecified atom stereocenters. The van der Waals surface area contributed by atoms with Crippen molar-refractivity contribution >= 4 is 35.2 Å². The van der Waals surface area contributed by atoms with E-state index < -0.39 is 11.8 Å². The highest BCUT2D eigenvalue weighted by Gasteiger charge is 2.18. The lowest BCUT2D eigenvalue weighted by molar-refractivity contribution is -0.131. The van der Waals surface area contributed by atoms with Crippen molar-refractivity contribution < 1.29 is 14.7 Å². The Balaban J connectivity index is 0.00000112. The number of hydrogen-bond donors (Lipinski definition) is 2. The van der Waals surface area contributed by atoms with Crippen molar-refractivity contribution in [2.45, 2.75) is 0 Å². The van der Waals surface area contributed by atoms with Crippen molar-refractivity contribution in [3.8, 4) is 0 Å². The van der Waals surface area contributed by atoms with Crippen LogP contribution in [0.4, 0.5) is 0 Å². The molecule has 0 amide bonds. The van der Waals surface area contributed by atoms with E-state index in [1.54, 1.807) is 18.3 Å². The third kappa shape index (κ3) is 1.82. The van der Waals surface area contributed by atoms with Crippen LogP contribution >= 0.6 is 12.4 Å². The van der Waals surface area contributed by atoms with Crippen LogP contribution in [0.15, 0.2) is 24.5 Å². The van der Waals surface area contributed by atoms with E-state index in [9.17, 15) is 9.59 Å². The highest BCUT2D eigenvalue weighted by molar-refractivity contribution is 6.42. The minimum absolute atomic E-state index is 0. The summed E-state index contributed by atoms with van der Waals surface area (Å²) >= 11 is 0. The van der Waals surface area contributed by atoms with E-state index in [1.807, 2.05) is 0 Å². The summed E-state index contributed by atoms with van der Waals surface area (Å²) in [5.74, 6) is -2.39. The zero-order valence-corrected chi connectivity index (χ0v) is 8.25. The van der Waals surface area contributed by atoms with Crippen LogP contribution in [0, 0.1) is 0 Å². The van der Waals surface area contributed by atoms with Crippen LogP contribution in [0.1, 0.15) is 10.4 Å². The van der Waals surface area contributed by atoms with Gasteiger partial charge in [-0.2, -0.15) is 0 Å². The first kappa shape index (κ1) is 11.2. The zero-order valence-electron chi connectivity index (χ0n) is 7.43. The van der Waals surface area contributed by atoms with Gasteiger partial charge in [-0.1, -0.05) is 0 Å². The van der Waals surface area contributed by atoms with E-state index in [2.05, 4.69) is 9.97 Å². The average molecular weight is 227 g/mol. The van der Waals surface area contributed by atoms with Gasteiger partial charge in [0.25, 0.3) is 5.78 Å². The molecule has 2 aromatic heterocycles. The molecule has 78 valence electrons. The van der Waals surface area contributed by atoms with Crippen LogP contribution in [0.5, 0.6) is 0 Å². The molecule has 0 saturated carbocycles.